The van der Waals surface area contributed by atoms with E-state index in [2.05, 4.69) is 37.7 Å². The molecule has 1 aromatic carbocycles. The van der Waals surface area contributed by atoms with Crippen LogP contribution in [0.25, 0.3) is 0 Å². The van der Waals surface area contributed by atoms with Crippen molar-refractivity contribution in [2.75, 3.05) is 57.3 Å². The van der Waals surface area contributed by atoms with Crippen LogP contribution in [0.5, 0.6) is 5.75 Å². The highest BCUT2D eigenvalue weighted by Crippen LogP contribution is 2.36. The Labute approximate surface area is 194 Å². The van der Waals surface area contributed by atoms with Crippen LogP contribution in [0.15, 0.2) is 53.8 Å². The molecule has 0 amide bonds. The topological polar surface area (TPSA) is 95.8 Å². The molecule has 0 saturated heterocycles. The van der Waals surface area contributed by atoms with Crippen molar-refractivity contribution >= 4 is 28.8 Å². The molecule has 0 fully saturated rings. The number of pyridine rings is 1. The van der Waals surface area contributed by atoms with Crippen molar-refractivity contribution < 1.29 is 9.30 Å². The zero-order valence-electron chi connectivity index (χ0n) is 19.8. The molecule has 1 aliphatic rings. The van der Waals surface area contributed by atoms with E-state index in [0.717, 1.165) is 36.0 Å². The lowest BCUT2D eigenvalue weighted by Crippen LogP contribution is -2.43. The maximum Gasteiger partial charge on any atom is 0.349 e. The van der Waals surface area contributed by atoms with Crippen LogP contribution in [0.4, 0.5) is 23.0 Å². The fourth-order valence-corrected chi connectivity index (χ4v) is 3.81. The van der Waals surface area contributed by atoms with Gasteiger partial charge in [-0.3, -0.25) is 0 Å². The highest BCUT2D eigenvalue weighted by Gasteiger charge is 2.33. The molecule has 4 rings (SSSR count). The van der Waals surface area contributed by atoms with Crippen molar-refractivity contribution in [1.29, 1.82) is 0 Å². The van der Waals surface area contributed by atoms with Gasteiger partial charge in [0.15, 0.2) is 17.4 Å². The number of hydrogen-bond acceptors (Lipinski definition) is 8. The first kappa shape index (κ1) is 22.5. The first-order valence-electron chi connectivity index (χ1n) is 10.9. The van der Waals surface area contributed by atoms with Crippen LogP contribution in [0.1, 0.15) is 24.4 Å². The number of nitrogens with two attached hydrogens (primary N) is 1. The van der Waals surface area contributed by atoms with E-state index in [1.165, 1.54) is 0 Å². The monoisotopic (exact) mass is 447 g/mol. The third-order valence-electron chi connectivity index (χ3n) is 5.64. The molecule has 3 heterocycles. The van der Waals surface area contributed by atoms with Gasteiger partial charge in [-0.2, -0.15) is 4.57 Å². The lowest BCUT2D eigenvalue weighted by Gasteiger charge is -2.24. The van der Waals surface area contributed by atoms with Gasteiger partial charge in [0.2, 0.25) is 5.95 Å². The summed E-state index contributed by atoms with van der Waals surface area (Å²) >= 11 is 0. The zero-order chi connectivity index (χ0) is 23.5. The first-order chi connectivity index (χ1) is 15.9. The number of anilines is 4. The molecule has 3 N–H and O–H groups in total. The van der Waals surface area contributed by atoms with Crippen LogP contribution in [0, 0.1) is 0 Å². The summed E-state index contributed by atoms with van der Waals surface area (Å²) in [5.74, 6) is 1.91. The summed E-state index contributed by atoms with van der Waals surface area (Å²) in [6.07, 6.45) is 3.72. The molecular formula is C24H31N8O+. The van der Waals surface area contributed by atoms with Crippen molar-refractivity contribution in [3.05, 3.63) is 60.2 Å². The van der Waals surface area contributed by atoms with Crippen molar-refractivity contribution in [1.82, 2.24) is 14.9 Å². The number of benzene rings is 1. The minimum absolute atomic E-state index is 0.0736. The molecule has 0 aliphatic carbocycles. The number of likely N-dealkylation sites (N-methyl/N-ethyl adjacent to an activating group) is 2. The number of aliphatic imine (C=N–C) groups is 1. The molecule has 0 saturated carbocycles. The molecule has 1 atom stereocenters. The fourth-order valence-electron chi connectivity index (χ4n) is 3.81. The molecular weight excluding hydrogens is 416 g/mol. The maximum absolute atomic E-state index is 6.39. The predicted octanol–water partition coefficient (Wildman–Crippen LogP) is 2.47. The molecule has 3 aromatic rings. The van der Waals surface area contributed by atoms with Crippen LogP contribution >= 0.6 is 0 Å². The van der Waals surface area contributed by atoms with Crippen molar-refractivity contribution in [3.63, 3.8) is 0 Å². The number of methoxy groups -OCH3 is 1. The van der Waals surface area contributed by atoms with Crippen molar-refractivity contribution in [2.45, 2.75) is 13.0 Å². The summed E-state index contributed by atoms with van der Waals surface area (Å²) in [5.41, 5.74) is 10.5. The van der Waals surface area contributed by atoms with Gasteiger partial charge in [0.05, 0.1) is 30.4 Å². The lowest BCUT2D eigenvalue weighted by molar-refractivity contribution is -0.558. The van der Waals surface area contributed by atoms with Crippen molar-refractivity contribution in [3.8, 4) is 5.75 Å². The largest absolute Gasteiger partial charge is 0.494 e. The fraction of sp³-hybridized carbons (Fsp3) is 0.333. The maximum atomic E-state index is 6.39. The Hall–Kier alpha value is -3.72. The Morgan fingerprint density at radius 1 is 1.15 bits per heavy atom. The summed E-state index contributed by atoms with van der Waals surface area (Å²) in [5, 5.41) is 3.26. The normalized spacial score (nSPS) is 14.7. The second-order valence-corrected chi connectivity index (χ2v) is 8.35. The molecule has 0 spiro atoms. The Morgan fingerprint density at radius 2 is 1.97 bits per heavy atom. The lowest BCUT2D eigenvalue weighted by atomic mass is 10.2. The standard InChI is InChI=1S/C24H31N8O/c1-16-20-8-6-7-11-32(20)23(27-16)18-9-10-26-24(28-18)29-19-14-17(25)21(15-22(19)33-5)31(4)13-12-30(2)3/h6-11,14-16H,12-13,25H2,1-5H3,(H,26,28,29)/q+1. The van der Waals surface area contributed by atoms with E-state index in [4.69, 9.17) is 20.4 Å². The Kier molecular flexibility index (Phi) is 6.41. The van der Waals surface area contributed by atoms with Gasteiger partial charge in [0, 0.05) is 32.4 Å². The number of nitrogens with zero attached hydrogens (tertiary/aromatic N) is 6. The minimum atomic E-state index is 0.0736. The number of ether oxygens (including phenoxy) is 1. The van der Waals surface area contributed by atoms with E-state index in [9.17, 15) is 0 Å². The highest BCUT2D eigenvalue weighted by molar-refractivity contribution is 5.91. The summed E-state index contributed by atoms with van der Waals surface area (Å²) < 4.78 is 7.70. The van der Waals surface area contributed by atoms with Gasteiger partial charge in [-0.15, -0.1) is 0 Å². The summed E-state index contributed by atoms with van der Waals surface area (Å²) in [7, 11) is 7.76. The molecule has 1 unspecified atom stereocenters. The third-order valence-corrected chi connectivity index (χ3v) is 5.64. The van der Waals surface area contributed by atoms with Crippen molar-refractivity contribution in [2.24, 2.45) is 4.99 Å². The molecule has 172 valence electrons. The number of nitrogen functional groups attached to an aromatic ring is 1. The van der Waals surface area contributed by atoms with E-state index in [0.29, 0.717) is 23.1 Å². The summed E-state index contributed by atoms with van der Waals surface area (Å²) in [6.45, 7) is 3.84. The number of nitrogens with one attached hydrogen (secondary N) is 1. The van der Waals surface area contributed by atoms with E-state index in [-0.39, 0.29) is 6.04 Å². The second-order valence-electron chi connectivity index (χ2n) is 8.35. The second kappa shape index (κ2) is 9.41. The van der Waals surface area contributed by atoms with Gasteiger partial charge in [-0.05, 0) is 45.3 Å². The van der Waals surface area contributed by atoms with Gasteiger partial charge in [-0.25, -0.2) is 9.97 Å². The molecule has 33 heavy (non-hydrogen) atoms. The Morgan fingerprint density at radius 3 is 2.73 bits per heavy atom. The number of aromatic nitrogens is 3. The van der Waals surface area contributed by atoms with Crippen LogP contribution in [-0.4, -0.2) is 62.0 Å². The zero-order valence-corrected chi connectivity index (χ0v) is 19.8. The average molecular weight is 448 g/mol. The van der Waals surface area contributed by atoms with Gasteiger partial charge < -0.3 is 25.6 Å². The predicted molar refractivity (Wildman–Crippen MR) is 132 cm³/mol. The summed E-state index contributed by atoms with van der Waals surface area (Å²) in [6, 6.07) is 11.8. The molecule has 9 heteroatoms. The minimum Gasteiger partial charge on any atom is -0.494 e. The number of hydrogen-bond donors (Lipinski definition) is 2. The van der Waals surface area contributed by atoms with E-state index in [1.807, 2.05) is 57.7 Å². The SMILES string of the molecule is COc1cc(N(C)CCN(C)C)c(N)cc1Nc1nccc(C2=NC(C)c3cccc[n+]32)n1. The van der Waals surface area contributed by atoms with E-state index < -0.39 is 0 Å². The Bertz CT molecular complexity index is 1180. The summed E-state index contributed by atoms with van der Waals surface area (Å²) in [4.78, 5) is 18.1. The smallest absolute Gasteiger partial charge is 0.349 e. The molecule has 1 aliphatic heterocycles. The number of rotatable bonds is 8. The Balaban J connectivity index is 1.60. The molecule has 0 radical (unpaired) electrons. The van der Waals surface area contributed by atoms with Gasteiger partial charge >= 0.3 is 5.84 Å². The van der Waals surface area contributed by atoms with E-state index >= 15 is 0 Å². The first-order valence-corrected chi connectivity index (χ1v) is 10.9. The van der Waals surface area contributed by atoms with Gasteiger partial charge in [0.25, 0.3) is 0 Å². The van der Waals surface area contributed by atoms with Gasteiger partial charge in [0.1, 0.15) is 5.75 Å². The van der Waals surface area contributed by atoms with Crippen LogP contribution in [0.3, 0.4) is 0 Å². The van der Waals surface area contributed by atoms with Crippen LogP contribution < -0.4 is 25.3 Å². The molecule has 0 bridgehead atoms. The van der Waals surface area contributed by atoms with Crippen LogP contribution in [-0.2, 0) is 0 Å². The van der Waals surface area contributed by atoms with Gasteiger partial charge in [-0.1, -0.05) is 11.1 Å². The highest BCUT2D eigenvalue weighted by atomic mass is 16.5. The van der Waals surface area contributed by atoms with E-state index in [1.54, 1.807) is 13.3 Å². The quantitative estimate of drug-likeness (QED) is 0.405. The third kappa shape index (κ3) is 4.73. The average Bonchev–Trinajstić information content (AvgIpc) is 3.14. The molecule has 2 aromatic heterocycles. The number of fused-ring (bicyclic) bond motifs is 1. The van der Waals surface area contributed by atoms with Crippen LogP contribution in [0.2, 0.25) is 0 Å². The molecule has 9 nitrogen and oxygen atoms in total.